The molecular weight excluding hydrogens is 555 g/mol. The summed E-state index contributed by atoms with van der Waals surface area (Å²) in [7, 11) is 0. The monoisotopic (exact) mass is 583 g/mol. The van der Waals surface area contributed by atoms with E-state index in [9.17, 15) is 37.8 Å². The standard InChI is InChI=1S/C26H29ClF3N5O5/c1-25(2,26(28,29)30)16-6-14(7-17(27)10-16)20(12-22(38)39)35-21(37)13-33-23(40)15-8-18(11-19(36)9-15)34-24-31-4-3-5-32-24/h6-11,20,36H,3-5,12-13H2,1-2H3,(H,33,40)(H,35,37)(H,38,39)(H2,31,32,34). The van der Waals surface area contributed by atoms with Crippen molar-refractivity contribution in [2.45, 2.75) is 44.3 Å². The van der Waals surface area contributed by atoms with Gasteiger partial charge >= 0.3 is 12.1 Å². The van der Waals surface area contributed by atoms with E-state index < -0.39 is 48.4 Å². The van der Waals surface area contributed by atoms with E-state index in [2.05, 4.69) is 26.3 Å². The van der Waals surface area contributed by atoms with Crippen molar-refractivity contribution in [3.8, 4) is 5.75 Å². The Morgan fingerprint density at radius 1 is 1.12 bits per heavy atom. The lowest BCUT2D eigenvalue weighted by Crippen LogP contribution is -2.40. The highest BCUT2D eigenvalue weighted by atomic mass is 35.5. The minimum Gasteiger partial charge on any atom is -0.508 e. The zero-order valence-corrected chi connectivity index (χ0v) is 22.4. The summed E-state index contributed by atoms with van der Waals surface area (Å²) < 4.78 is 40.8. The molecule has 1 heterocycles. The predicted molar refractivity (Wildman–Crippen MR) is 143 cm³/mol. The Balaban J connectivity index is 1.72. The number of aliphatic imine (C=N–C) groups is 1. The highest BCUT2D eigenvalue weighted by molar-refractivity contribution is 6.30. The van der Waals surface area contributed by atoms with Gasteiger partial charge in [0.05, 0.1) is 24.4 Å². The van der Waals surface area contributed by atoms with Gasteiger partial charge in [0, 0.05) is 35.4 Å². The van der Waals surface area contributed by atoms with Crippen molar-refractivity contribution in [2.24, 2.45) is 4.99 Å². The average molecular weight is 584 g/mol. The van der Waals surface area contributed by atoms with Gasteiger partial charge in [-0.25, -0.2) is 0 Å². The first-order chi connectivity index (χ1) is 18.7. The maximum Gasteiger partial charge on any atom is 0.397 e. The number of anilines is 1. The third-order valence-electron chi connectivity index (χ3n) is 6.22. The van der Waals surface area contributed by atoms with E-state index in [0.29, 0.717) is 24.7 Å². The second-order valence-corrected chi connectivity index (χ2v) is 10.1. The van der Waals surface area contributed by atoms with Crippen LogP contribution in [0.5, 0.6) is 5.75 Å². The topological polar surface area (TPSA) is 152 Å². The Morgan fingerprint density at radius 2 is 1.85 bits per heavy atom. The summed E-state index contributed by atoms with van der Waals surface area (Å²) in [5.74, 6) is -2.55. The fourth-order valence-corrected chi connectivity index (χ4v) is 4.08. The predicted octanol–water partition coefficient (Wildman–Crippen LogP) is 3.71. The van der Waals surface area contributed by atoms with Crippen LogP contribution >= 0.6 is 11.6 Å². The lowest BCUT2D eigenvalue weighted by Gasteiger charge is -2.29. The van der Waals surface area contributed by atoms with Crippen molar-refractivity contribution in [1.82, 2.24) is 16.0 Å². The minimum absolute atomic E-state index is 0.0302. The molecule has 1 atom stereocenters. The highest BCUT2D eigenvalue weighted by Crippen LogP contribution is 2.42. The molecular formula is C26H29ClF3N5O5. The molecule has 2 aromatic rings. The van der Waals surface area contributed by atoms with Gasteiger partial charge in [-0.3, -0.25) is 19.4 Å². The van der Waals surface area contributed by atoms with Crippen LogP contribution in [0.25, 0.3) is 0 Å². The number of hydrogen-bond donors (Lipinski definition) is 6. The van der Waals surface area contributed by atoms with Crippen LogP contribution in [0.1, 0.15) is 54.2 Å². The molecule has 1 unspecified atom stereocenters. The number of phenols is 1. The van der Waals surface area contributed by atoms with E-state index in [1.54, 1.807) is 0 Å². The number of carboxylic acids is 1. The van der Waals surface area contributed by atoms with Crippen LogP contribution in [0.4, 0.5) is 18.9 Å². The second-order valence-electron chi connectivity index (χ2n) is 9.70. The van der Waals surface area contributed by atoms with Gasteiger partial charge in [0.15, 0.2) is 5.96 Å². The van der Waals surface area contributed by atoms with E-state index in [1.807, 2.05) is 0 Å². The van der Waals surface area contributed by atoms with Crippen molar-refractivity contribution in [1.29, 1.82) is 0 Å². The van der Waals surface area contributed by atoms with Crippen LogP contribution in [0.2, 0.25) is 5.02 Å². The maximum absolute atomic E-state index is 13.6. The Morgan fingerprint density at radius 3 is 2.48 bits per heavy atom. The maximum atomic E-state index is 13.6. The van der Waals surface area contributed by atoms with Crippen LogP contribution in [0.15, 0.2) is 41.4 Å². The van der Waals surface area contributed by atoms with Crippen molar-refractivity contribution in [2.75, 3.05) is 25.0 Å². The van der Waals surface area contributed by atoms with Crippen LogP contribution in [-0.2, 0) is 15.0 Å². The first-order valence-corrected chi connectivity index (χ1v) is 12.6. The molecule has 6 N–H and O–H groups in total. The van der Waals surface area contributed by atoms with Crippen molar-refractivity contribution < 1.29 is 37.8 Å². The quantitative estimate of drug-likeness (QED) is 0.263. The third kappa shape index (κ3) is 8.01. The molecule has 0 saturated carbocycles. The lowest BCUT2D eigenvalue weighted by molar-refractivity contribution is -0.180. The molecule has 2 aromatic carbocycles. The van der Waals surface area contributed by atoms with Crippen molar-refractivity contribution in [3.63, 3.8) is 0 Å². The van der Waals surface area contributed by atoms with E-state index in [0.717, 1.165) is 32.4 Å². The molecule has 1 aliphatic rings. The zero-order chi connectivity index (χ0) is 29.7. The van der Waals surface area contributed by atoms with Gasteiger partial charge in [-0.1, -0.05) is 17.7 Å². The summed E-state index contributed by atoms with van der Waals surface area (Å²) in [4.78, 5) is 41.1. The summed E-state index contributed by atoms with van der Waals surface area (Å²) in [6.45, 7) is 2.68. The number of rotatable bonds is 9. The molecule has 3 rings (SSSR count). The molecule has 0 aliphatic carbocycles. The van der Waals surface area contributed by atoms with Crippen molar-refractivity contribution >= 4 is 41.0 Å². The number of benzene rings is 2. The number of alkyl halides is 3. The Labute approximate surface area is 233 Å². The molecule has 1 aliphatic heterocycles. The van der Waals surface area contributed by atoms with E-state index >= 15 is 0 Å². The second kappa shape index (κ2) is 12.5. The van der Waals surface area contributed by atoms with Gasteiger partial charge in [0.1, 0.15) is 5.75 Å². The molecule has 14 heteroatoms. The molecule has 0 bridgehead atoms. The molecule has 10 nitrogen and oxygen atoms in total. The fraction of sp³-hybridized carbons (Fsp3) is 0.385. The summed E-state index contributed by atoms with van der Waals surface area (Å²) in [5, 5.41) is 30.1. The van der Waals surface area contributed by atoms with Gasteiger partial charge < -0.3 is 31.5 Å². The summed E-state index contributed by atoms with van der Waals surface area (Å²) in [6, 6.07) is 6.34. The Bertz CT molecular complexity index is 1320. The Kier molecular flexibility index (Phi) is 9.51. The molecule has 0 aromatic heterocycles. The number of aliphatic carboxylic acids is 1. The highest BCUT2D eigenvalue weighted by Gasteiger charge is 2.48. The van der Waals surface area contributed by atoms with Gasteiger partial charge in [-0.05, 0) is 55.7 Å². The molecule has 0 saturated heterocycles. The molecule has 216 valence electrons. The number of carbonyl (C=O) groups excluding carboxylic acids is 2. The minimum atomic E-state index is -4.62. The van der Waals surface area contributed by atoms with Gasteiger partial charge in [-0.15, -0.1) is 0 Å². The number of phenolic OH excluding ortho intramolecular Hbond substituents is 1. The van der Waals surface area contributed by atoms with E-state index in [-0.39, 0.29) is 27.5 Å². The summed E-state index contributed by atoms with van der Waals surface area (Å²) >= 11 is 6.06. The van der Waals surface area contributed by atoms with E-state index in [4.69, 9.17) is 11.6 Å². The van der Waals surface area contributed by atoms with Gasteiger partial charge in [0.2, 0.25) is 5.91 Å². The van der Waals surface area contributed by atoms with Gasteiger partial charge in [0.25, 0.3) is 5.91 Å². The SMILES string of the molecule is CC(C)(c1cc(Cl)cc(C(CC(=O)O)NC(=O)CNC(=O)c2cc(O)cc(NC3=NCCCN3)c2)c1)C(F)(F)F. The first-order valence-electron chi connectivity index (χ1n) is 12.2. The van der Waals surface area contributed by atoms with Crippen LogP contribution in [0, 0.1) is 0 Å². The number of nitrogens with one attached hydrogen (secondary N) is 4. The number of nitrogens with zero attached hydrogens (tertiary/aromatic N) is 1. The van der Waals surface area contributed by atoms with Crippen LogP contribution < -0.4 is 21.3 Å². The molecule has 40 heavy (non-hydrogen) atoms. The number of carboxylic acid groups (broad SMARTS) is 1. The fourth-order valence-electron chi connectivity index (χ4n) is 3.84. The number of carbonyl (C=O) groups is 3. The third-order valence-corrected chi connectivity index (χ3v) is 6.43. The summed E-state index contributed by atoms with van der Waals surface area (Å²) in [5.41, 5.74) is -2.04. The average Bonchev–Trinajstić information content (AvgIpc) is 2.86. The molecule has 0 radical (unpaired) electrons. The zero-order valence-electron chi connectivity index (χ0n) is 21.7. The normalized spacial score (nSPS) is 14.4. The number of halogens is 4. The first kappa shape index (κ1) is 30.5. The number of aromatic hydroxyl groups is 1. The number of amides is 2. The molecule has 0 spiro atoms. The Hall–Kier alpha value is -4.00. The van der Waals surface area contributed by atoms with Crippen LogP contribution in [-0.4, -0.2) is 59.8 Å². The smallest absolute Gasteiger partial charge is 0.397 e. The van der Waals surface area contributed by atoms with Gasteiger partial charge in [-0.2, -0.15) is 13.2 Å². The number of hydrogen-bond acceptors (Lipinski definition) is 7. The lowest BCUT2D eigenvalue weighted by atomic mass is 9.82. The summed E-state index contributed by atoms with van der Waals surface area (Å²) in [6.07, 6.45) is -4.39. The molecule has 2 amide bonds. The largest absolute Gasteiger partial charge is 0.508 e. The van der Waals surface area contributed by atoms with Crippen LogP contribution in [0.3, 0.4) is 0 Å². The number of guanidine groups is 1. The van der Waals surface area contributed by atoms with Crippen molar-refractivity contribution in [3.05, 3.63) is 58.1 Å². The van der Waals surface area contributed by atoms with E-state index in [1.165, 1.54) is 24.3 Å². The molecule has 0 fully saturated rings.